The molecule has 0 bridgehead atoms. The molecule has 2 nitrogen and oxygen atoms in total. The van der Waals surface area contributed by atoms with Crippen LogP contribution in [0.4, 0.5) is 18.9 Å². The molecule has 112 valence electrons. The second-order valence-corrected chi connectivity index (χ2v) is 6.74. The molecule has 1 unspecified atom stereocenters. The number of anilines is 1. The largest absolute Gasteiger partial charge is 0.573 e. The fourth-order valence-electron chi connectivity index (χ4n) is 2.16. The zero-order valence-corrected chi connectivity index (χ0v) is 12.3. The van der Waals surface area contributed by atoms with E-state index in [2.05, 4.69) is 23.9 Å². The highest BCUT2D eigenvalue weighted by atomic mass is 32.2. The Morgan fingerprint density at radius 3 is 2.75 bits per heavy atom. The highest BCUT2D eigenvalue weighted by Gasteiger charge is 2.33. The lowest BCUT2D eigenvalue weighted by molar-refractivity contribution is -0.274. The van der Waals surface area contributed by atoms with E-state index in [1.165, 1.54) is 12.1 Å². The van der Waals surface area contributed by atoms with Crippen molar-refractivity contribution in [1.29, 1.82) is 0 Å². The average Bonchev–Trinajstić information content (AvgIpc) is 2.30. The van der Waals surface area contributed by atoms with Crippen LogP contribution in [0.2, 0.25) is 0 Å². The smallest absolute Gasteiger partial charge is 0.406 e. The first-order valence-corrected chi connectivity index (χ1v) is 7.62. The molecular formula is C14H18F3NOS. The summed E-state index contributed by atoms with van der Waals surface area (Å²) in [7, 11) is 0. The zero-order valence-electron chi connectivity index (χ0n) is 11.5. The van der Waals surface area contributed by atoms with Gasteiger partial charge in [0, 0.05) is 23.5 Å². The number of hydrogen-bond acceptors (Lipinski definition) is 3. The van der Waals surface area contributed by atoms with Gasteiger partial charge in [-0.1, -0.05) is 19.9 Å². The molecular weight excluding hydrogens is 287 g/mol. The molecule has 2 rings (SSSR count). The quantitative estimate of drug-likeness (QED) is 0.886. The third kappa shape index (κ3) is 4.23. The van der Waals surface area contributed by atoms with Crippen LogP contribution in [0.15, 0.2) is 24.3 Å². The van der Waals surface area contributed by atoms with E-state index in [1.807, 2.05) is 11.8 Å². The van der Waals surface area contributed by atoms with Gasteiger partial charge < -0.3 is 10.1 Å². The summed E-state index contributed by atoms with van der Waals surface area (Å²) in [6.45, 7) is 4.36. The van der Waals surface area contributed by atoms with Crippen molar-refractivity contribution < 1.29 is 17.9 Å². The number of nitrogens with one attached hydrogen (secondary N) is 1. The Labute approximate surface area is 121 Å². The minimum Gasteiger partial charge on any atom is -0.406 e. The lowest BCUT2D eigenvalue weighted by Gasteiger charge is -2.39. The van der Waals surface area contributed by atoms with Gasteiger partial charge in [-0.3, -0.25) is 0 Å². The standard InChI is InChI=1S/C14H18F3NOS/c1-13(2)6-7-20-9-12(13)18-10-4-3-5-11(8-10)19-14(15,16)17/h3-5,8,12,18H,6-7,9H2,1-2H3. The maximum atomic E-state index is 12.2. The number of alkyl halides is 3. The van der Waals surface area contributed by atoms with Crippen molar-refractivity contribution >= 4 is 17.4 Å². The SMILES string of the molecule is CC1(C)CCSCC1Nc1cccc(OC(F)(F)F)c1. The summed E-state index contributed by atoms with van der Waals surface area (Å²) < 4.78 is 40.6. The van der Waals surface area contributed by atoms with Gasteiger partial charge in [0.05, 0.1) is 0 Å². The van der Waals surface area contributed by atoms with Crippen molar-refractivity contribution in [1.82, 2.24) is 0 Å². The molecule has 1 fully saturated rings. The van der Waals surface area contributed by atoms with Crippen LogP contribution in [0.25, 0.3) is 0 Å². The van der Waals surface area contributed by atoms with Crippen LogP contribution >= 0.6 is 11.8 Å². The summed E-state index contributed by atoms with van der Waals surface area (Å²) in [6.07, 6.45) is -3.56. The fraction of sp³-hybridized carbons (Fsp3) is 0.571. The predicted octanol–water partition coefficient (Wildman–Crippen LogP) is 4.53. The van der Waals surface area contributed by atoms with Crippen LogP contribution in [0.5, 0.6) is 5.75 Å². The second kappa shape index (κ2) is 5.76. The highest BCUT2D eigenvalue weighted by Crippen LogP contribution is 2.36. The molecule has 0 saturated carbocycles. The average molecular weight is 305 g/mol. The number of rotatable bonds is 3. The normalized spacial score (nSPS) is 22.4. The van der Waals surface area contributed by atoms with Crippen LogP contribution < -0.4 is 10.1 Å². The van der Waals surface area contributed by atoms with E-state index >= 15 is 0 Å². The zero-order chi connectivity index (χ0) is 14.8. The van der Waals surface area contributed by atoms with Gasteiger partial charge >= 0.3 is 6.36 Å². The third-order valence-corrected chi connectivity index (χ3v) is 4.59. The monoisotopic (exact) mass is 305 g/mol. The van der Waals surface area contributed by atoms with Crippen molar-refractivity contribution in [3.63, 3.8) is 0 Å². The molecule has 0 aliphatic carbocycles. The van der Waals surface area contributed by atoms with Crippen LogP contribution in [-0.4, -0.2) is 23.9 Å². The minimum absolute atomic E-state index is 0.131. The highest BCUT2D eigenvalue weighted by molar-refractivity contribution is 7.99. The predicted molar refractivity (Wildman–Crippen MR) is 76.3 cm³/mol. The van der Waals surface area contributed by atoms with Gasteiger partial charge in [-0.05, 0) is 29.7 Å². The topological polar surface area (TPSA) is 21.3 Å². The first-order valence-electron chi connectivity index (χ1n) is 6.46. The number of halogens is 3. The van der Waals surface area contributed by atoms with Gasteiger partial charge in [0.1, 0.15) is 5.75 Å². The molecule has 6 heteroatoms. The number of benzene rings is 1. The third-order valence-electron chi connectivity index (χ3n) is 3.53. The van der Waals surface area contributed by atoms with Crippen LogP contribution in [0.1, 0.15) is 20.3 Å². The summed E-state index contributed by atoms with van der Waals surface area (Å²) in [4.78, 5) is 0. The van der Waals surface area contributed by atoms with Gasteiger partial charge in [-0.25, -0.2) is 0 Å². The number of thioether (sulfide) groups is 1. The van der Waals surface area contributed by atoms with Gasteiger partial charge in [0.25, 0.3) is 0 Å². The minimum atomic E-state index is -4.65. The molecule has 1 saturated heterocycles. The molecule has 1 aromatic rings. The first kappa shape index (κ1) is 15.4. The molecule has 0 radical (unpaired) electrons. The van der Waals surface area contributed by atoms with E-state index < -0.39 is 6.36 Å². The summed E-state index contributed by atoms with van der Waals surface area (Å²) in [6, 6.07) is 6.26. The van der Waals surface area contributed by atoms with Crippen LogP contribution in [0.3, 0.4) is 0 Å². The first-order chi connectivity index (χ1) is 9.26. The van der Waals surface area contributed by atoms with E-state index in [0.29, 0.717) is 5.69 Å². The molecule has 1 aromatic carbocycles. The molecule has 20 heavy (non-hydrogen) atoms. The maximum Gasteiger partial charge on any atom is 0.573 e. The molecule has 0 amide bonds. The van der Waals surface area contributed by atoms with E-state index in [-0.39, 0.29) is 17.2 Å². The summed E-state index contributed by atoms with van der Waals surface area (Å²) >= 11 is 1.87. The van der Waals surface area contributed by atoms with Crippen molar-refractivity contribution in [2.24, 2.45) is 5.41 Å². The van der Waals surface area contributed by atoms with E-state index in [4.69, 9.17) is 0 Å². The summed E-state index contributed by atoms with van der Waals surface area (Å²) in [5.41, 5.74) is 0.791. The van der Waals surface area contributed by atoms with Crippen LogP contribution in [-0.2, 0) is 0 Å². The number of ether oxygens (including phenoxy) is 1. The molecule has 0 aromatic heterocycles. The van der Waals surface area contributed by atoms with Gasteiger partial charge in [0.2, 0.25) is 0 Å². The molecule has 1 aliphatic rings. The Balaban J connectivity index is 2.07. The Kier molecular flexibility index (Phi) is 4.42. The number of hydrogen-bond donors (Lipinski definition) is 1. The fourth-order valence-corrected chi connectivity index (χ4v) is 3.76. The van der Waals surface area contributed by atoms with E-state index in [9.17, 15) is 13.2 Å². The Bertz CT molecular complexity index is 462. The van der Waals surface area contributed by atoms with Gasteiger partial charge in [-0.2, -0.15) is 11.8 Å². The van der Waals surface area contributed by atoms with E-state index in [1.54, 1.807) is 12.1 Å². The van der Waals surface area contributed by atoms with Crippen molar-refractivity contribution in [2.45, 2.75) is 32.7 Å². The van der Waals surface area contributed by atoms with E-state index in [0.717, 1.165) is 17.9 Å². The molecule has 1 N–H and O–H groups in total. The Morgan fingerprint density at radius 2 is 2.10 bits per heavy atom. The lowest BCUT2D eigenvalue weighted by Crippen LogP contribution is -2.41. The molecule has 1 heterocycles. The Hall–Kier alpha value is -1.04. The molecule has 1 aliphatic heterocycles. The van der Waals surface area contributed by atoms with Crippen molar-refractivity contribution in [3.05, 3.63) is 24.3 Å². The van der Waals surface area contributed by atoms with Gasteiger partial charge in [-0.15, -0.1) is 13.2 Å². The maximum absolute atomic E-state index is 12.2. The van der Waals surface area contributed by atoms with Crippen LogP contribution in [0, 0.1) is 5.41 Å². The molecule has 0 spiro atoms. The Morgan fingerprint density at radius 1 is 1.35 bits per heavy atom. The lowest BCUT2D eigenvalue weighted by atomic mass is 9.82. The van der Waals surface area contributed by atoms with Gasteiger partial charge in [0.15, 0.2) is 0 Å². The summed E-state index contributed by atoms with van der Waals surface area (Å²) in [5, 5.41) is 3.33. The van der Waals surface area contributed by atoms with Crippen molar-refractivity contribution in [2.75, 3.05) is 16.8 Å². The second-order valence-electron chi connectivity index (χ2n) is 5.59. The van der Waals surface area contributed by atoms with Crippen molar-refractivity contribution in [3.8, 4) is 5.75 Å². The summed E-state index contributed by atoms with van der Waals surface area (Å²) in [5.74, 6) is 1.89. The molecule has 1 atom stereocenters.